The van der Waals surface area contributed by atoms with E-state index in [4.69, 9.17) is 24.9 Å². The van der Waals surface area contributed by atoms with Crippen molar-refractivity contribution in [2.75, 3.05) is 12.3 Å². The zero-order valence-corrected chi connectivity index (χ0v) is 27.4. The maximum atomic E-state index is 6.76. The summed E-state index contributed by atoms with van der Waals surface area (Å²) in [6.07, 6.45) is 7.42. The van der Waals surface area contributed by atoms with Gasteiger partial charge in [0.15, 0.2) is 22.9 Å². The zero-order valence-electron chi connectivity index (χ0n) is 27.4. The van der Waals surface area contributed by atoms with Gasteiger partial charge in [0, 0.05) is 25.0 Å². The predicted octanol–water partition coefficient (Wildman–Crippen LogP) is 4.92. The minimum Gasteiger partial charge on any atom is -0.382 e. The minimum absolute atomic E-state index is 0.0706. The molecule has 2 saturated carbocycles. The summed E-state index contributed by atoms with van der Waals surface area (Å²) in [4.78, 5) is 24.2. The molecular weight excluding hydrogens is 568 g/mol. The molecule has 0 bridgehead atoms. The lowest BCUT2D eigenvalue weighted by Gasteiger charge is -2.46. The monoisotopic (exact) mass is 614 g/mol. The molecule has 0 amide bonds. The molecule has 3 N–H and O–H groups in total. The number of fused-ring (bicyclic) bond motifs is 2. The summed E-state index contributed by atoms with van der Waals surface area (Å²) in [5, 5.41) is 0. The number of hydrogen-bond donors (Lipinski definition) is 2. The Kier molecular flexibility index (Phi) is 6.47. The number of H-pyrrole nitrogens is 1. The van der Waals surface area contributed by atoms with Crippen molar-refractivity contribution in [1.29, 1.82) is 0 Å². The van der Waals surface area contributed by atoms with Crippen molar-refractivity contribution in [2.24, 2.45) is 5.92 Å². The normalized spacial score (nSPS) is 32.0. The van der Waals surface area contributed by atoms with Gasteiger partial charge >= 0.3 is 0 Å². The van der Waals surface area contributed by atoms with Crippen LogP contribution in [0.15, 0.2) is 30.9 Å². The molecule has 5 heterocycles. The first-order chi connectivity index (χ1) is 21.3. The maximum Gasteiger partial charge on any atom is 0.165 e. The van der Waals surface area contributed by atoms with E-state index in [0.717, 1.165) is 36.2 Å². The summed E-state index contributed by atoms with van der Waals surface area (Å²) in [7, 11) is 0. The molecule has 2 aliphatic carbocycles. The summed E-state index contributed by atoms with van der Waals surface area (Å²) in [5.41, 5.74) is 10.5. The number of benzene rings is 1. The van der Waals surface area contributed by atoms with Gasteiger partial charge in [0.2, 0.25) is 0 Å². The minimum atomic E-state index is -0.695. The van der Waals surface area contributed by atoms with Crippen LogP contribution in [0.3, 0.4) is 0 Å². The number of rotatable bonds is 8. The molecule has 2 saturated heterocycles. The van der Waals surface area contributed by atoms with Gasteiger partial charge in [-0.25, -0.2) is 19.9 Å². The van der Waals surface area contributed by atoms with Gasteiger partial charge in [-0.15, -0.1) is 0 Å². The summed E-state index contributed by atoms with van der Waals surface area (Å²) in [6, 6.07) is 7.49. The fourth-order valence-corrected chi connectivity index (χ4v) is 8.26. The number of nitrogens with two attached hydrogens (primary N) is 1. The van der Waals surface area contributed by atoms with E-state index in [1.807, 2.05) is 18.4 Å². The number of aromatic nitrogens is 6. The number of nitrogens with one attached hydrogen (secondary N) is 1. The number of hydrogen-bond acceptors (Lipinski definition) is 9. The standard InChI is InChI=1S/C34H46N8O3/c1-18(2)41(21-12-19(13-21)8-11-25-39-22-10-9-20(32(3,4)5)14-23(22)40-25)15-24-28-34(45-33(6,7)44-28)27(29(34)43-24)42-17-38-26-30(35)36-16-37-31(26)42/h9-10,14,16-19,21,24,27-29H,8,11-13,15H2,1-7H3,(H,39,40)(H2,35,36,37)/t19?,21?,24?,27?,28-,29+,34-/m1/s1. The number of nitrogen functional groups attached to an aromatic ring is 1. The largest absolute Gasteiger partial charge is 0.382 e. The van der Waals surface area contributed by atoms with Crippen molar-refractivity contribution >= 4 is 28.0 Å². The van der Waals surface area contributed by atoms with E-state index in [1.54, 1.807) is 6.33 Å². The van der Waals surface area contributed by atoms with E-state index >= 15 is 0 Å². The summed E-state index contributed by atoms with van der Waals surface area (Å²) < 4.78 is 22.1. The van der Waals surface area contributed by atoms with Crippen LogP contribution in [-0.2, 0) is 26.0 Å². The molecular formula is C34H46N8O3. The molecule has 8 rings (SSSR count). The van der Waals surface area contributed by atoms with Crippen molar-refractivity contribution in [3.8, 4) is 0 Å². The predicted molar refractivity (Wildman–Crippen MR) is 172 cm³/mol. The van der Waals surface area contributed by atoms with E-state index in [2.05, 4.69) is 77.7 Å². The third kappa shape index (κ3) is 4.68. The lowest BCUT2D eigenvalue weighted by Crippen LogP contribution is -2.53. The van der Waals surface area contributed by atoms with Crippen LogP contribution >= 0.6 is 0 Å². The third-order valence-corrected chi connectivity index (χ3v) is 10.6. The second-order valence-electron chi connectivity index (χ2n) is 15.5. The molecule has 4 aromatic rings. The molecule has 2 aliphatic heterocycles. The fourth-order valence-electron chi connectivity index (χ4n) is 8.26. The lowest BCUT2D eigenvalue weighted by atomic mass is 9.76. The van der Waals surface area contributed by atoms with E-state index in [0.29, 0.717) is 35.0 Å². The van der Waals surface area contributed by atoms with Crippen LogP contribution in [0.4, 0.5) is 5.82 Å². The summed E-state index contributed by atoms with van der Waals surface area (Å²) >= 11 is 0. The first-order valence-electron chi connectivity index (χ1n) is 16.6. The van der Waals surface area contributed by atoms with E-state index in [-0.39, 0.29) is 29.8 Å². The number of anilines is 1. The molecule has 3 aromatic heterocycles. The maximum absolute atomic E-state index is 6.76. The summed E-state index contributed by atoms with van der Waals surface area (Å²) in [5.74, 6) is 1.48. The van der Waals surface area contributed by atoms with Crippen molar-refractivity contribution in [3.63, 3.8) is 0 Å². The number of imidazole rings is 2. The topological polar surface area (TPSA) is 129 Å². The molecule has 1 spiro atoms. The zero-order chi connectivity index (χ0) is 31.5. The van der Waals surface area contributed by atoms with Crippen molar-refractivity contribution in [3.05, 3.63) is 42.2 Å². The Morgan fingerprint density at radius 2 is 1.93 bits per heavy atom. The van der Waals surface area contributed by atoms with Gasteiger partial charge in [-0.1, -0.05) is 26.8 Å². The Morgan fingerprint density at radius 1 is 1.13 bits per heavy atom. The van der Waals surface area contributed by atoms with E-state index < -0.39 is 11.4 Å². The highest BCUT2D eigenvalue weighted by atomic mass is 16.8. The SMILES string of the molecule is CC(C)N(CC1O[C@H]2C(n3cnc4c(N)ncnc43)[C@]23OC(C)(C)O[C@H]13)C1CC(CCc2nc3ccc(C(C)(C)C)cc3[nH]2)C1. The smallest absolute Gasteiger partial charge is 0.165 e. The van der Waals surface area contributed by atoms with Gasteiger partial charge in [-0.3, -0.25) is 4.90 Å². The molecule has 11 nitrogen and oxygen atoms in total. The van der Waals surface area contributed by atoms with E-state index in [1.165, 1.54) is 24.7 Å². The average molecular weight is 615 g/mol. The molecule has 11 heteroatoms. The molecule has 4 fully saturated rings. The van der Waals surface area contributed by atoms with Gasteiger partial charge < -0.3 is 29.5 Å². The van der Waals surface area contributed by atoms with Gasteiger partial charge in [-0.05, 0) is 76.0 Å². The Morgan fingerprint density at radius 3 is 2.69 bits per heavy atom. The van der Waals surface area contributed by atoms with Gasteiger partial charge in [-0.2, -0.15) is 0 Å². The second-order valence-corrected chi connectivity index (χ2v) is 15.5. The van der Waals surface area contributed by atoms with Crippen molar-refractivity contribution in [2.45, 2.75) is 127 Å². The van der Waals surface area contributed by atoms with Gasteiger partial charge in [0.1, 0.15) is 42.0 Å². The molecule has 1 aromatic carbocycles. The number of nitrogens with zero attached hydrogens (tertiary/aromatic N) is 6. The van der Waals surface area contributed by atoms with Crippen LogP contribution in [0.25, 0.3) is 22.2 Å². The highest BCUT2D eigenvalue weighted by Gasteiger charge is 2.84. The van der Waals surface area contributed by atoms with Crippen molar-refractivity contribution < 1.29 is 14.2 Å². The van der Waals surface area contributed by atoms with Gasteiger partial charge in [0.05, 0.1) is 17.4 Å². The Labute approximate surface area is 264 Å². The average Bonchev–Trinajstić information content (AvgIpc) is 3.40. The molecule has 4 aliphatic rings. The Balaban J connectivity index is 0.918. The van der Waals surface area contributed by atoms with Crippen LogP contribution in [0, 0.1) is 5.92 Å². The van der Waals surface area contributed by atoms with Crippen molar-refractivity contribution in [1.82, 2.24) is 34.4 Å². The lowest BCUT2D eigenvalue weighted by molar-refractivity contribution is -0.178. The van der Waals surface area contributed by atoms with Crippen LogP contribution in [0.5, 0.6) is 0 Å². The van der Waals surface area contributed by atoms with Crippen LogP contribution in [-0.4, -0.2) is 82.7 Å². The highest BCUT2D eigenvalue weighted by Crippen LogP contribution is 2.67. The molecule has 5 atom stereocenters. The second kappa shape index (κ2) is 9.94. The van der Waals surface area contributed by atoms with E-state index in [9.17, 15) is 0 Å². The first-order valence-corrected chi connectivity index (χ1v) is 16.6. The van der Waals surface area contributed by atoms with Crippen LogP contribution in [0.2, 0.25) is 0 Å². The fraction of sp³-hybridized carbons (Fsp3) is 0.647. The highest BCUT2D eigenvalue weighted by molar-refractivity contribution is 5.81. The quantitative estimate of drug-likeness (QED) is 0.284. The molecule has 45 heavy (non-hydrogen) atoms. The molecule has 2 unspecified atom stereocenters. The third-order valence-electron chi connectivity index (χ3n) is 10.6. The van der Waals surface area contributed by atoms with Gasteiger partial charge in [0.25, 0.3) is 0 Å². The Hall–Kier alpha value is -3.12. The number of ether oxygens (including phenoxy) is 3. The number of aromatic amines is 1. The number of aryl methyl sites for hydroxylation is 1. The van der Waals surface area contributed by atoms with Crippen LogP contribution in [0.1, 0.15) is 85.2 Å². The Bertz CT molecular complexity index is 1750. The molecule has 0 radical (unpaired) electrons. The summed E-state index contributed by atoms with van der Waals surface area (Å²) in [6.45, 7) is 16.2. The molecule has 240 valence electrons. The first kappa shape index (κ1) is 29.3. The van der Waals surface area contributed by atoms with Crippen LogP contribution < -0.4 is 5.73 Å².